The zero-order valence-electron chi connectivity index (χ0n) is 14.3. The summed E-state index contributed by atoms with van der Waals surface area (Å²) in [4.78, 5) is 27.5. The molecule has 2 aromatic carbocycles. The fourth-order valence-corrected chi connectivity index (χ4v) is 2.81. The Morgan fingerprint density at radius 1 is 1.08 bits per heavy atom. The number of halogens is 2. The van der Waals surface area contributed by atoms with Gasteiger partial charge in [0.2, 0.25) is 5.91 Å². The Morgan fingerprint density at radius 2 is 1.73 bits per heavy atom. The summed E-state index contributed by atoms with van der Waals surface area (Å²) in [6, 6.07) is 10.8. The minimum Gasteiger partial charge on any atom is -0.350 e. The van der Waals surface area contributed by atoms with Gasteiger partial charge in [-0.3, -0.25) is 9.69 Å². The Bertz CT molecular complexity index is 804. The van der Waals surface area contributed by atoms with Gasteiger partial charge in [-0.1, -0.05) is 23.8 Å². The first-order valence-corrected chi connectivity index (χ1v) is 8.28. The average molecular weight is 359 g/mol. The van der Waals surface area contributed by atoms with Crippen LogP contribution in [0.3, 0.4) is 0 Å². The maximum atomic E-state index is 13.6. The second-order valence-electron chi connectivity index (χ2n) is 6.17. The highest BCUT2D eigenvalue weighted by Gasteiger charge is 2.30. The van der Waals surface area contributed by atoms with Crippen molar-refractivity contribution in [2.75, 3.05) is 24.5 Å². The molecule has 0 unspecified atom stereocenters. The number of aryl methyl sites for hydroxylation is 1. The lowest BCUT2D eigenvalue weighted by Gasteiger charge is -2.18. The van der Waals surface area contributed by atoms with Crippen LogP contribution >= 0.6 is 0 Å². The summed E-state index contributed by atoms with van der Waals surface area (Å²) in [6.07, 6.45) is 0. The number of anilines is 1. The molecule has 136 valence electrons. The third kappa shape index (κ3) is 3.82. The molecule has 1 saturated heterocycles. The molecule has 3 amide bonds. The minimum absolute atomic E-state index is 0.155. The lowest BCUT2D eigenvalue weighted by molar-refractivity contribution is -0.121. The van der Waals surface area contributed by atoms with E-state index in [0.717, 1.165) is 23.4 Å². The van der Waals surface area contributed by atoms with Crippen LogP contribution in [-0.2, 0) is 11.3 Å². The number of carbonyl (C=O) groups is 2. The van der Waals surface area contributed by atoms with E-state index in [2.05, 4.69) is 5.32 Å². The molecule has 1 aliphatic rings. The molecule has 0 saturated carbocycles. The SMILES string of the molecule is Cc1ccc(N2CCN(CC(=O)NCc3c(F)cccc3F)C2=O)cc1. The maximum Gasteiger partial charge on any atom is 0.325 e. The van der Waals surface area contributed by atoms with Crippen molar-refractivity contribution >= 4 is 17.6 Å². The summed E-state index contributed by atoms with van der Waals surface area (Å²) < 4.78 is 27.1. The van der Waals surface area contributed by atoms with Crippen molar-refractivity contribution in [3.8, 4) is 0 Å². The first kappa shape index (κ1) is 17.8. The number of carbonyl (C=O) groups excluding carboxylic acids is 2. The molecule has 0 aromatic heterocycles. The lowest BCUT2D eigenvalue weighted by atomic mass is 10.2. The zero-order chi connectivity index (χ0) is 18.7. The highest BCUT2D eigenvalue weighted by Crippen LogP contribution is 2.20. The van der Waals surface area contributed by atoms with Crippen molar-refractivity contribution in [2.45, 2.75) is 13.5 Å². The molecule has 0 atom stereocenters. The second kappa shape index (κ2) is 7.51. The number of hydrogen-bond acceptors (Lipinski definition) is 2. The predicted molar refractivity (Wildman–Crippen MR) is 93.7 cm³/mol. The van der Waals surface area contributed by atoms with Gasteiger partial charge in [0.25, 0.3) is 0 Å². The van der Waals surface area contributed by atoms with E-state index < -0.39 is 17.5 Å². The molecule has 2 aromatic rings. The van der Waals surface area contributed by atoms with Crippen LogP contribution in [0.2, 0.25) is 0 Å². The Kier molecular flexibility index (Phi) is 5.16. The van der Waals surface area contributed by atoms with Crippen LogP contribution < -0.4 is 10.2 Å². The highest BCUT2D eigenvalue weighted by molar-refractivity contribution is 5.96. The highest BCUT2D eigenvalue weighted by atomic mass is 19.1. The maximum absolute atomic E-state index is 13.6. The second-order valence-corrected chi connectivity index (χ2v) is 6.17. The Labute approximate surface area is 150 Å². The minimum atomic E-state index is -0.715. The van der Waals surface area contributed by atoms with Gasteiger partial charge in [0.1, 0.15) is 18.2 Å². The first-order valence-electron chi connectivity index (χ1n) is 8.28. The van der Waals surface area contributed by atoms with E-state index in [1.165, 1.54) is 11.0 Å². The quantitative estimate of drug-likeness (QED) is 0.893. The van der Waals surface area contributed by atoms with Gasteiger partial charge in [-0.2, -0.15) is 0 Å². The lowest BCUT2D eigenvalue weighted by Crippen LogP contribution is -2.40. The number of nitrogens with zero attached hydrogens (tertiary/aromatic N) is 2. The Balaban J connectivity index is 1.57. The van der Waals surface area contributed by atoms with E-state index in [1.807, 2.05) is 31.2 Å². The molecular formula is C19H19F2N3O2. The van der Waals surface area contributed by atoms with Crippen LogP contribution in [0.25, 0.3) is 0 Å². The fourth-order valence-electron chi connectivity index (χ4n) is 2.81. The van der Waals surface area contributed by atoms with Crippen LogP contribution in [0, 0.1) is 18.6 Å². The van der Waals surface area contributed by atoms with Crippen molar-refractivity contribution in [3.63, 3.8) is 0 Å². The molecule has 1 N–H and O–H groups in total. The van der Waals surface area contributed by atoms with Gasteiger partial charge < -0.3 is 10.2 Å². The van der Waals surface area contributed by atoms with Gasteiger partial charge in [0.15, 0.2) is 0 Å². The normalized spacial score (nSPS) is 14.0. The third-order valence-corrected chi connectivity index (χ3v) is 4.30. The van der Waals surface area contributed by atoms with Crippen LogP contribution in [-0.4, -0.2) is 36.5 Å². The molecule has 0 bridgehead atoms. The fraction of sp³-hybridized carbons (Fsp3) is 0.263. The summed E-state index contributed by atoms with van der Waals surface area (Å²) in [6.45, 7) is 2.44. The molecule has 3 rings (SSSR count). The van der Waals surface area contributed by atoms with Crippen molar-refractivity contribution < 1.29 is 18.4 Å². The number of amides is 3. The molecule has 7 heteroatoms. The van der Waals surface area contributed by atoms with E-state index in [9.17, 15) is 18.4 Å². The summed E-state index contributed by atoms with van der Waals surface area (Å²) in [7, 11) is 0. The van der Waals surface area contributed by atoms with Crippen molar-refractivity contribution in [3.05, 3.63) is 65.2 Å². The smallest absolute Gasteiger partial charge is 0.325 e. The van der Waals surface area contributed by atoms with Crippen molar-refractivity contribution in [1.29, 1.82) is 0 Å². The van der Waals surface area contributed by atoms with E-state index >= 15 is 0 Å². The Morgan fingerprint density at radius 3 is 2.38 bits per heavy atom. The third-order valence-electron chi connectivity index (χ3n) is 4.30. The molecule has 5 nitrogen and oxygen atoms in total. The first-order chi connectivity index (χ1) is 12.5. The molecule has 1 heterocycles. The van der Waals surface area contributed by atoms with Crippen molar-refractivity contribution in [1.82, 2.24) is 10.2 Å². The van der Waals surface area contributed by atoms with Crippen LogP contribution in [0.5, 0.6) is 0 Å². The van der Waals surface area contributed by atoms with E-state index in [-0.39, 0.29) is 24.7 Å². The summed E-state index contributed by atoms with van der Waals surface area (Å²) in [5, 5.41) is 2.46. The summed E-state index contributed by atoms with van der Waals surface area (Å²) >= 11 is 0. The number of hydrogen-bond donors (Lipinski definition) is 1. The van der Waals surface area contributed by atoms with Gasteiger partial charge in [-0.05, 0) is 31.2 Å². The molecule has 0 aliphatic carbocycles. The van der Waals surface area contributed by atoms with Crippen LogP contribution in [0.1, 0.15) is 11.1 Å². The van der Waals surface area contributed by atoms with E-state index in [0.29, 0.717) is 13.1 Å². The average Bonchev–Trinajstić information content (AvgIpc) is 2.96. The monoisotopic (exact) mass is 359 g/mol. The standard InChI is InChI=1S/C19H19F2N3O2/c1-13-5-7-14(8-6-13)24-10-9-23(19(24)26)12-18(25)22-11-15-16(20)3-2-4-17(15)21/h2-8H,9-12H2,1H3,(H,22,25). The molecule has 0 radical (unpaired) electrons. The van der Waals surface area contributed by atoms with Crippen LogP contribution in [0.15, 0.2) is 42.5 Å². The molecule has 26 heavy (non-hydrogen) atoms. The zero-order valence-corrected chi connectivity index (χ0v) is 14.3. The van der Waals surface area contributed by atoms with Gasteiger partial charge in [0, 0.05) is 30.9 Å². The van der Waals surface area contributed by atoms with Gasteiger partial charge >= 0.3 is 6.03 Å². The number of benzene rings is 2. The van der Waals surface area contributed by atoms with Gasteiger partial charge in [-0.25, -0.2) is 13.6 Å². The summed E-state index contributed by atoms with van der Waals surface area (Å²) in [5.41, 5.74) is 1.67. The van der Waals surface area contributed by atoms with E-state index in [1.54, 1.807) is 4.90 Å². The number of rotatable bonds is 5. The summed E-state index contributed by atoms with van der Waals surface area (Å²) in [5.74, 6) is -1.90. The van der Waals surface area contributed by atoms with Crippen molar-refractivity contribution in [2.24, 2.45) is 0 Å². The molecular weight excluding hydrogens is 340 g/mol. The molecule has 0 spiro atoms. The molecule has 1 fully saturated rings. The van der Waals surface area contributed by atoms with E-state index in [4.69, 9.17) is 0 Å². The Hall–Kier alpha value is -2.96. The largest absolute Gasteiger partial charge is 0.350 e. The molecule has 1 aliphatic heterocycles. The van der Waals surface area contributed by atoms with Crippen LogP contribution in [0.4, 0.5) is 19.3 Å². The van der Waals surface area contributed by atoms with Gasteiger partial charge in [0.05, 0.1) is 0 Å². The van der Waals surface area contributed by atoms with Gasteiger partial charge in [-0.15, -0.1) is 0 Å². The number of nitrogens with one attached hydrogen (secondary N) is 1. The topological polar surface area (TPSA) is 52.6 Å². The predicted octanol–water partition coefficient (Wildman–Crippen LogP) is 2.83. The number of urea groups is 1.